The van der Waals surface area contributed by atoms with Gasteiger partial charge in [0.2, 0.25) is 0 Å². The van der Waals surface area contributed by atoms with Crippen LogP contribution in [0.15, 0.2) is 21.2 Å². The minimum Gasteiger partial charge on any atom is -0.479 e. The molecule has 0 aliphatic heterocycles. The zero-order valence-corrected chi connectivity index (χ0v) is 14.4. The van der Waals surface area contributed by atoms with Crippen molar-refractivity contribution in [1.29, 1.82) is 0 Å². The summed E-state index contributed by atoms with van der Waals surface area (Å²) in [7, 11) is 0. The summed E-state index contributed by atoms with van der Waals surface area (Å²) in [4.78, 5) is 25.2. The lowest BCUT2D eigenvalue weighted by atomic mass is 9.97. The van der Waals surface area contributed by atoms with Gasteiger partial charge in [0.05, 0.1) is 0 Å². The molecule has 6 nitrogen and oxygen atoms in total. The first-order valence-corrected chi connectivity index (χ1v) is 7.31. The third kappa shape index (κ3) is 3.78. The van der Waals surface area contributed by atoms with Gasteiger partial charge in [0, 0.05) is 6.54 Å². The Morgan fingerprint density at radius 2 is 1.90 bits per heavy atom. The molecule has 118 valence electrons. The van der Waals surface area contributed by atoms with Gasteiger partial charge in [-0.15, -0.1) is 0 Å². The highest BCUT2D eigenvalue weighted by molar-refractivity contribution is 9.10. The molecule has 1 rings (SSSR count). The first-order valence-electron chi connectivity index (χ1n) is 6.52. The van der Waals surface area contributed by atoms with E-state index >= 15 is 0 Å². The van der Waals surface area contributed by atoms with Gasteiger partial charge in [-0.3, -0.25) is 4.90 Å². The lowest BCUT2D eigenvalue weighted by Crippen LogP contribution is -2.53. The van der Waals surface area contributed by atoms with Crippen LogP contribution in [0.2, 0.25) is 0 Å². The molecule has 0 aromatic carbocycles. The number of ether oxygens (including phenoxy) is 1. The molecule has 0 fully saturated rings. The maximum Gasteiger partial charge on any atom is 0.411 e. The van der Waals surface area contributed by atoms with E-state index in [4.69, 9.17) is 9.15 Å². The second-order valence-corrected chi connectivity index (χ2v) is 6.49. The first kappa shape index (κ1) is 17.6. The third-order valence-electron chi connectivity index (χ3n) is 2.94. The molecule has 0 aliphatic carbocycles. The number of aliphatic carboxylic acids is 1. The number of amides is 1. The Morgan fingerprint density at radius 1 is 1.33 bits per heavy atom. The van der Waals surface area contributed by atoms with Crippen LogP contribution in [0.25, 0.3) is 0 Å². The fraction of sp³-hybridized carbons (Fsp3) is 0.571. The minimum atomic E-state index is -1.65. The van der Waals surface area contributed by atoms with Crippen molar-refractivity contribution in [1.82, 2.24) is 4.90 Å². The molecule has 1 heterocycles. The number of carboxylic acid groups (broad SMARTS) is 1. The summed E-state index contributed by atoms with van der Waals surface area (Å²) in [6.07, 6.45) is -0.706. The quantitative estimate of drug-likeness (QED) is 0.885. The second kappa shape index (κ2) is 6.09. The average Bonchev–Trinajstić information content (AvgIpc) is 2.74. The lowest BCUT2D eigenvalue weighted by molar-refractivity contribution is -0.152. The van der Waals surface area contributed by atoms with Crippen molar-refractivity contribution >= 4 is 28.0 Å². The topological polar surface area (TPSA) is 80.0 Å². The smallest absolute Gasteiger partial charge is 0.411 e. The zero-order chi connectivity index (χ0) is 16.4. The van der Waals surface area contributed by atoms with Crippen molar-refractivity contribution < 1.29 is 23.8 Å². The molecular formula is C14H20BrNO5. The van der Waals surface area contributed by atoms with Crippen LogP contribution < -0.4 is 0 Å². The monoisotopic (exact) mass is 361 g/mol. The molecular weight excluding hydrogens is 342 g/mol. The van der Waals surface area contributed by atoms with Crippen LogP contribution in [0.3, 0.4) is 0 Å². The van der Waals surface area contributed by atoms with Crippen molar-refractivity contribution in [2.24, 2.45) is 0 Å². The molecule has 7 heteroatoms. The van der Waals surface area contributed by atoms with Crippen LogP contribution in [0.5, 0.6) is 0 Å². The molecule has 1 unspecified atom stereocenters. The highest BCUT2D eigenvalue weighted by Gasteiger charge is 2.47. The number of hydrogen-bond acceptors (Lipinski definition) is 4. The maximum atomic E-state index is 12.3. The van der Waals surface area contributed by atoms with Gasteiger partial charge in [0.15, 0.2) is 10.2 Å². The molecule has 1 aromatic rings. The molecule has 0 spiro atoms. The molecule has 0 radical (unpaired) electrons. The number of nitrogens with zero attached hydrogens (tertiary/aromatic N) is 1. The Kier molecular flexibility index (Phi) is 5.09. The number of hydrogen-bond donors (Lipinski definition) is 1. The van der Waals surface area contributed by atoms with Crippen LogP contribution >= 0.6 is 15.9 Å². The van der Waals surface area contributed by atoms with E-state index in [0.29, 0.717) is 4.67 Å². The molecule has 0 saturated carbocycles. The number of carbonyl (C=O) groups is 2. The summed E-state index contributed by atoms with van der Waals surface area (Å²) in [6, 6.07) is 3.10. The Bertz CT molecular complexity index is 534. The van der Waals surface area contributed by atoms with Crippen LogP contribution in [-0.4, -0.2) is 34.2 Å². The summed E-state index contributed by atoms with van der Waals surface area (Å²) in [6.45, 7) is 8.42. The molecule has 0 aliphatic rings. The summed E-state index contributed by atoms with van der Waals surface area (Å²) < 4.78 is 11.0. The highest BCUT2D eigenvalue weighted by atomic mass is 79.9. The van der Waals surface area contributed by atoms with Gasteiger partial charge in [0.25, 0.3) is 0 Å². The molecule has 21 heavy (non-hydrogen) atoms. The molecule has 1 N–H and O–H groups in total. The van der Waals surface area contributed by atoms with E-state index in [-0.39, 0.29) is 12.3 Å². The van der Waals surface area contributed by atoms with Crippen LogP contribution in [0.4, 0.5) is 4.79 Å². The average molecular weight is 362 g/mol. The summed E-state index contributed by atoms with van der Waals surface area (Å²) in [5.74, 6) is -1.05. The number of carboxylic acids is 1. The number of furan rings is 1. The molecule has 1 aromatic heterocycles. The largest absolute Gasteiger partial charge is 0.479 e. The predicted octanol–water partition coefficient (Wildman–Crippen LogP) is 3.60. The summed E-state index contributed by atoms with van der Waals surface area (Å²) in [5.41, 5.74) is -2.36. The van der Waals surface area contributed by atoms with Gasteiger partial charge >= 0.3 is 12.1 Å². The van der Waals surface area contributed by atoms with E-state index in [1.54, 1.807) is 33.8 Å². The fourth-order valence-corrected chi connectivity index (χ4v) is 2.18. The van der Waals surface area contributed by atoms with Crippen molar-refractivity contribution in [2.75, 3.05) is 6.54 Å². The Balaban J connectivity index is 3.24. The Hall–Kier alpha value is -1.50. The van der Waals surface area contributed by atoms with E-state index in [2.05, 4.69) is 15.9 Å². The van der Waals surface area contributed by atoms with Crippen LogP contribution in [0, 0.1) is 0 Å². The van der Waals surface area contributed by atoms with Crippen LogP contribution in [0.1, 0.15) is 40.4 Å². The van der Waals surface area contributed by atoms with Gasteiger partial charge in [-0.2, -0.15) is 0 Å². The van der Waals surface area contributed by atoms with E-state index in [1.165, 1.54) is 13.0 Å². The molecule has 1 atom stereocenters. The van der Waals surface area contributed by atoms with Crippen molar-refractivity contribution in [2.45, 2.75) is 45.8 Å². The van der Waals surface area contributed by atoms with Gasteiger partial charge in [0.1, 0.15) is 11.4 Å². The van der Waals surface area contributed by atoms with Crippen molar-refractivity contribution in [3.8, 4) is 0 Å². The maximum absolute atomic E-state index is 12.3. The van der Waals surface area contributed by atoms with E-state index in [0.717, 1.165) is 4.90 Å². The summed E-state index contributed by atoms with van der Waals surface area (Å²) >= 11 is 3.14. The van der Waals surface area contributed by atoms with Crippen molar-refractivity contribution in [3.05, 3.63) is 22.6 Å². The lowest BCUT2D eigenvalue weighted by Gasteiger charge is -2.36. The summed E-state index contributed by atoms with van der Waals surface area (Å²) in [5, 5.41) is 9.62. The van der Waals surface area contributed by atoms with Crippen molar-refractivity contribution in [3.63, 3.8) is 0 Å². The third-order valence-corrected chi connectivity index (χ3v) is 3.37. The number of rotatable bonds is 4. The molecule has 0 bridgehead atoms. The van der Waals surface area contributed by atoms with Gasteiger partial charge in [-0.1, -0.05) is 0 Å². The predicted molar refractivity (Wildman–Crippen MR) is 80.0 cm³/mol. The Labute approximate surface area is 132 Å². The molecule has 0 saturated heterocycles. The Morgan fingerprint density at radius 3 is 2.24 bits per heavy atom. The zero-order valence-electron chi connectivity index (χ0n) is 12.8. The van der Waals surface area contributed by atoms with Gasteiger partial charge in [-0.05, 0) is 62.7 Å². The van der Waals surface area contributed by atoms with Gasteiger partial charge < -0.3 is 14.3 Å². The highest BCUT2D eigenvalue weighted by Crippen LogP contribution is 2.33. The number of halogens is 1. The number of likely N-dealkylation sites (N-methyl/N-ethyl adjacent to an activating group) is 1. The normalized spacial score (nSPS) is 14.4. The number of carbonyl (C=O) groups excluding carboxylic acids is 1. The van der Waals surface area contributed by atoms with E-state index in [9.17, 15) is 14.7 Å². The van der Waals surface area contributed by atoms with E-state index in [1.807, 2.05) is 0 Å². The van der Waals surface area contributed by atoms with Gasteiger partial charge in [-0.25, -0.2) is 9.59 Å². The fourth-order valence-electron chi connectivity index (χ4n) is 1.87. The van der Waals surface area contributed by atoms with E-state index < -0.39 is 23.2 Å². The second-order valence-electron chi connectivity index (χ2n) is 5.71. The SMILES string of the molecule is CCN(C(=O)OC(C)(C)C)C(C)(C(=O)O)c1ccc(Br)o1. The molecule has 1 amide bonds. The standard InChI is InChI=1S/C14H20BrNO5/c1-6-16(12(19)21-13(2,3)4)14(5,11(17)18)9-7-8-10(15)20-9/h7-8H,6H2,1-5H3,(H,17,18). The van der Waals surface area contributed by atoms with Crippen LogP contribution in [-0.2, 0) is 15.1 Å². The first-order chi connectivity index (χ1) is 9.52. The minimum absolute atomic E-state index is 0.148.